The zero-order chi connectivity index (χ0) is 9.83. The molecule has 0 aromatic carbocycles. The Hall–Kier alpha value is -0.313. The van der Waals surface area contributed by atoms with Gasteiger partial charge in [0.05, 0.1) is 14.7 Å². The van der Waals surface area contributed by atoms with Gasteiger partial charge in [-0.25, -0.2) is 4.79 Å². The minimum absolute atomic E-state index is 0.374. The maximum atomic E-state index is 9.81. The molecule has 0 aliphatic heterocycles. The largest absolute Gasteiger partial charge is 0.458 e. The predicted molar refractivity (Wildman–Crippen MR) is 53.6 cm³/mol. The maximum Gasteiger partial charge on any atom is 0.417 e. The van der Waals surface area contributed by atoms with E-state index in [1.165, 1.54) is 6.47 Å². The summed E-state index contributed by atoms with van der Waals surface area (Å²) in [5.41, 5.74) is 0. The summed E-state index contributed by atoms with van der Waals surface area (Å²) in [6.45, 7) is 13.4. The third kappa shape index (κ3) is 3.39. The normalized spacial score (nSPS) is 12.8. The molecule has 2 nitrogen and oxygen atoms in total. The van der Waals surface area contributed by atoms with Crippen molar-refractivity contribution in [1.82, 2.24) is 0 Å². The van der Waals surface area contributed by atoms with Gasteiger partial charge in [-0.2, -0.15) is 0 Å². The summed E-state index contributed by atoms with van der Waals surface area (Å²) in [6.07, 6.45) is 0. The first-order valence-corrected chi connectivity index (χ1v) is 7.51. The van der Waals surface area contributed by atoms with Crippen LogP contribution in [0.1, 0.15) is 20.8 Å². The van der Waals surface area contributed by atoms with E-state index < -0.39 is 8.07 Å². The zero-order valence-electron chi connectivity index (χ0n) is 8.73. The first-order chi connectivity index (χ1) is 5.31. The van der Waals surface area contributed by atoms with E-state index in [-0.39, 0.29) is 0 Å². The van der Waals surface area contributed by atoms with Gasteiger partial charge in [0.2, 0.25) is 0 Å². The molecule has 0 atom stereocenters. The average molecular weight is 187 g/mol. The monoisotopic (exact) mass is 187 g/mol. The fraction of sp³-hybridized carbons (Fsp3) is 0.889. The van der Waals surface area contributed by atoms with Crippen molar-refractivity contribution in [3.63, 3.8) is 0 Å². The van der Waals surface area contributed by atoms with Crippen molar-refractivity contribution < 1.29 is 9.53 Å². The van der Waals surface area contributed by atoms with Crippen molar-refractivity contribution in [2.45, 2.75) is 44.9 Å². The lowest BCUT2D eigenvalue weighted by Gasteiger charge is -2.36. The summed E-state index contributed by atoms with van der Waals surface area (Å²) in [5.74, 6) is 0. The Kier molecular flexibility index (Phi) is 3.97. The molecule has 71 valence electrons. The Morgan fingerprint density at radius 2 is 1.83 bits per heavy atom. The topological polar surface area (TPSA) is 26.3 Å². The van der Waals surface area contributed by atoms with Gasteiger partial charge in [-0.3, -0.25) is 0 Å². The van der Waals surface area contributed by atoms with Gasteiger partial charge in [0.15, 0.2) is 0 Å². The van der Waals surface area contributed by atoms with E-state index in [1.807, 2.05) is 0 Å². The molecule has 0 N–H and O–H groups in total. The van der Waals surface area contributed by atoms with Crippen LogP contribution in [-0.4, -0.2) is 21.2 Å². The van der Waals surface area contributed by atoms with Crippen molar-refractivity contribution >= 4 is 14.5 Å². The van der Waals surface area contributed by atoms with Crippen molar-refractivity contribution in [3.8, 4) is 0 Å². The van der Waals surface area contributed by atoms with E-state index in [0.29, 0.717) is 11.6 Å². The van der Waals surface area contributed by atoms with Crippen LogP contribution in [-0.2, 0) is 9.53 Å². The molecule has 0 aromatic rings. The van der Waals surface area contributed by atoms with E-state index in [9.17, 15) is 4.79 Å². The highest BCUT2D eigenvalue weighted by Gasteiger charge is 2.34. The lowest BCUT2D eigenvalue weighted by Crippen LogP contribution is -2.37. The summed E-state index contributed by atoms with van der Waals surface area (Å²) in [6, 6.07) is 1.02. The summed E-state index contributed by atoms with van der Waals surface area (Å²) in [5, 5.41) is 0.374. The first kappa shape index (κ1) is 11.7. The zero-order valence-corrected chi connectivity index (χ0v) is 9.73. The molecular weight excluding hydrogens is 168 g/mol. The van der Waals surface area contributed by atoms with E-state index in [0.717, 1.165) is 6.04 Å². The van der Waals surface area contributed by atoms with Crippen molar-refractivity contribution in [2.24, 2.45) is 0 Å². The molecule has 3 heteroatoms. The van der Waals surface area contributed by atoms with Crippen LogP contribution in [0.25, 0.3) is 0 Å². The second kappa shape index (κ2) is 4.08. The standard InChI is InChI=1S/C9H19O2Si/c1-9(2,3)12(4,5)7-6-11-8-10/h6-7H2,1-5H3. The smallest absolute Gasteiger partial charge is 0.417 e. The second-order valence-corrected chi connectivity index (χ2v) is 10.6. The fourth-order valence-corrected chi connectivity index (χ4v) is 2.09. The van der Waals surface area contributed by atoms with Gasteiger partial charge in [0.1, 0.15) is 0 Å². The summed E-state index contributed by atoms with van der Waals surface area (Å²) < 4.78 is 4.59. The molecule has 12 heavy (non-hydrogen) atoms. The van der Waals surface area contributed by atoms with Gasteiger partial charge in [0.25, 0.3) is 0 Å². The molecule has 0 aliphatic rings. The maximum absolute atomic E-state index is 9.81. The second-order valence-electron chi connectivity index (χ2n) is 4.82. The summed E-state index contributed by atoms with van der Waals surface area (Å²) >= 11 is 0. The molecule has 0 fully saturated rings. The van der Waals surface area contributed by atoms with E-state index in [4.69, 9.17) is 0 Å². The van der Waals surface area contributed by atoms with Crippen LogP contribution in [0.3, 0.4) is 0 Å². The Morgan fingerprint density at radius 3 is 2.17 bits per heavy atom. The van der Waals surface area contributed by atoms with Crippen LogP contribution >= 0.6 is 0 Å². The molecule has 0 amide bonds. The molecule has 0 saturated heterocycles. The van der Waals surface area contributed by atoms with Crippen LogP contribution in [0.2, 0.25) is 24.2 Å². The third-order valence-corrected chi connectivity index (χ3v) is 8.43. The van der Waals surface area contributed by atoms with Crippen molar-refractivity contribution in [1.29, 1.82) is 0 Å². The molecule has 0 aliphatic carbocycles. The molecule has 0 heterocycles. The van der Waals surface area contributed by atoms with Crippen LogP contribution in [0.5, 0.6) is 0 Å². The van der Waals surface area contributed by atoms with Crippen molar-refractivity contribution in [3.05, 3.63) is 0 Å². The van der Waals surface area contributed by atoms with Crippen molar-refractivity contribution in [2.75, 3.05) is 6.61 Å². The van der Waals surface area contributed by atoms with E-state index in [1.54, 1.807) is 0 Å². The van der Waals surface area contributed by atoms with Gasteiger partial charge in [0, 0.05) is 0 Å². The number of hydrogen-bond acceptors (Lipinski definition) is 2. The Balaban J connectivity index is 3.95. The number of carbonyl (C=O) groups excluding carboxylic acids is 1. The Bertz CT molecular complexity index is 147. The predicted octanol–water partition coefficient (Wildman–Crippen LogP) is 2.58. The Morgan fingerprint density at radius 1 is 1.33 bits per heavy atom. The highest BCUT2D eigenvalue weighted by molar-refractivity contribution is 6.80. The summed E-state index contributed by atoms with van der Waals surface area (Å²) in [4.78, 5) is 9.81. The number of hydrogen-bond donors (Lipinski definition) is 0. The minimum atomic E-state index is -1.25. The van der Waals surface area contributed by atoms with Gasteiger partial charge in [-0.1, -0.05) is 33.9 Å². The quantitative estimate of drug-likeness (QED) is 0.499. The highest BCUT2D eigenvalue weighted by Crippen LogP contribution is 2.38. The van der Waals surface area contributed by atoms with Crippen LogP contribution in [0.4, 0.5) is 0 Å². The van der Waals surface area contributed by atoms with E-state index >= 15 is 0 Å². The molecule has 0 aromatic heterocycles. The molecular formula is C9H19O2Si. The van der Waals surface area contributed by atoms with Gasteiger partial charge >= 0.3 is 6.47 Å². The van der Waals surface area contributed by atoms with Crippen LogP contribution in [0, 0.1) is 0 Å². The molecule has 1 radical (unpaired) electrons. The van der Waals surface area contributed by atoms with Gasteiger partial charge < -0.3 is 4.74 Å². The molecule has 0 spiro atoms. The third-order valence-electron chi connectivity index (χ3n) is 2.92. The number of rotatable bonds is 4. The average Bonchev–Trinajstić information content (AvgIpc) is 1.85. The Labute approximate surface area is 76.3 Å². The van der Waals surface area contributed by atoms with E-state index in [2.05, 4.69) is 38.6 Å². The lowest BCUT2D eigenvalue weighted by molar-refractivity contribution is 0.293. The molecule has 0 bridgehead atoms. The van der Waals surface area contributed by atoms with Gasteiger partial charge in [-0.05, 0) is 11.1 Å². The summed E-state index contributed by atoms with van der Waals surface area (Å²) in [7, 11) is -1.25. The lowest BCUT2D eigenvalue weighted by atomic mass is 10.2. The highest BCUT2D eigenvalue weighted by atomic mass is 28.3. The van der Waals surface area contributed by atoms with Crippen LogP contribution in [0.15, 0.2) is 0 Å². The number of ether oxygens (including phenoxy) is 1. The molecule has 0 unspecified atom stereocenters. The van der Waals surface area contributed by atoms with Crippen LogP contribution < -0.4 is 0 Å². The minimum Gasteiger partial charge on any atom is -0.458 e. The SMILES string of the molecule is CC(C)(C)[Si](C)(C)CCO[C]=O. The van der Waals surface area contributed by atoms with Gasteiger partial charge in [-0.15, -0.1) is 0 Å². The molecule has 0 rings (SSSR count). The first-order valence-electron chi connectivity index (χ1n) is 4.30. The fourth-order valence-electron chi connectivity index (χ4n) is 0.723. The molecule has 0 saturated carbocycles.